The van der Waals surface area contributed by atoms with Gasteiger partial charge in [-0.2, -0.15) is 0 Å². The Balaban J connectivity index is 1.54. The lowest BCUT2D eigenvalue weighted by atomic mass is 9.64. The minimum absolute atomic E-state index is 0.0680. The molecule has 0 radical (unpaired) electrons. The van der Waals surface area contributed by atoms with E-state index in [0.29, 0.717) is 11.0 Å². The number of nitrogens with one attached hydrogen (secondary N) is 1. The van der Waals surface area contributed by atoms with E-state index in [9.17, 15) is 4.79 Å². The summed E-state index contributed by atoms with van der Waals surface area (Å²) in [5.74, 6) is 0.651. The van der Waals surface area contributed by atoms with Crippen molar-refractivity contribution in [1.29, 1.82) is 0 Å². The SMILES string of the molecule is O=C(Nc1nnc(C2CC2)s1)C1(c2ccccc2)CCC1. The Morgan fingerprint density at radius 3 is 2.57 bits per heavy atom. The van der Waals surface area contributed by atoms with Crippen LogP contribution in [0, 0.1) is 0 Å². The Labute approximate surface area is 127 Å². The summed E-state index contributed by atoms with van der Waals surface area (Å²) in [6.07, 6.45) is 5.34. The largest absolute Gasteiger partial charge is 0.300 e. The first kappa shape index (κ1) is 13.0. The molecule has 4 nitrogen and oxygen atoms in total. The number of amides is 1. The predicted octanol–water partition coefficient (Wildman–Crippen LogP) is 3.48. The molecule has 0 bridgehead atoms. The van der Waals surface area contributed by atoms with Crippen molar-refractivity contribution in [2.75, 3.05) is 5.32 Å². The molecule has 1 N–H and O–H groups in total. The maximum atomic E-state index is 12.7. The van der Waals surface area contributed by atoms with Crippen molar-refractivity contribution in [3.63, 3.8) is 0 Å². The average Bonchev–Trinajstić information content (AvgIpc) is 3.20. The van der Waals surface area contributed by atoms with E-state index < -0.39 is 0 Å². The van der Waals surface area contributed by atoms with Gasteiger partial charge in [-0.25, -0.2) is 0 Å². The molecular formula is C16H17N3OS. The molecular weight excluding hydrogens is 282 g/mol. The standard InChI is InChI=1S/C16H17N3OS/c20-14(17-15-19-18-13(21-15)11-7-8-11)16(9-4-10-16)12-5-2-1-3-6-12/h1-3,5-6,11H,4,7-10H2,(H,17,19,20). The Kier molecular flexibility index (Phi) is 3.03. The first-order chi connectivity index (χ1) is 10.3. The highest BCUT2D eigenvalue weighted by atomic mass is 32.1. The van der Waals surface area contributed by atoms with Gasteiger partial charge in [-0.05, 0) is 31.2 Å². The highest BCUT2D eigenvalue weighted by Gasteiger charge is 2.45. The highest BCUT2D eigenvalue weighted by Crippen LogP contribution is 2.45. The van der Waals surface area contributed by atoms with Crippen LogP contribution < -0.4 is 5.32 Å². The van der Waals surface area contributed by atoms with Crippen molar-refractivity contribution in [2.24, 2.45) is 0 Å². The number of carbonyl (C=O) groups is 1. The molecule has 0 unspecified atom stereocenters. The van der Waals surface area contributed by atoms with Crippen LogP contribution in [0.4, 0.5) is 5.13 Å². The summed E-state index contributed by atoms with van der Waals surface area (Å²) in [4.78, 5) is 12.7. The number of hydrogen-bond acceptors (Lipinski definition) is 4. The maximum absolute atomic E-state index is 12.7. The number of hydrogen-bond donors (Lipinski definition) is 1. The highest BCUT2D eigenvalue weighted by molar-refractivity contribution is 7.15. The van der Waals surface area contributed by atoms with E-state index in [4.69, 9.17) is 0 Å². The van der Waals surface area contributed by atoms with Gasteiger partial charge >= 0.3 is 0 Å². The molecule has 0 aliphatic heterocycles. The number of carbonyl (C=O) groups excluding carboxylic acids is 1. The van der Waals surface area contributed by atoms with Gasteiger partial charge in [-0.1, -0.05) is 48.1 Å². The fraction of sp³-hybridized carbons (Fsp3) is 0.438. The summed E-state index contributed by atoms with van der Waals surface area (Å²) in [6.45, 7) is 0. The van der Waals surface area contributed by atoms with E-state index in [1.165, 1.54) is 24.2 Å². The average molecular weight is 299 g/mol. The number of aromatic nitrogens is 2. The molecule has 1 aromatic heterocycles. The van der Waals surface area contributed by atoms with Gasteiger partial charge in [0.1, 0.15) is 5.01 Å². The van der Waals surface area contributed by atoms with E-state index in [1.54, 1.807) is 0 Å². The molecule has 108 valence electrons. The fourth-order valence-corrected chi connectivity index (χ4v) is 3.84. The van der Waals surface area contributed by atoms with E-state index >= 15 is 0 Å². The second-order valence-electron chi connectivity index (χ2n) is 5.98. The van der Waals surface area contributed by atoms with E-state index in [-0.39, 0.29) is 11.3 Å². The fourth-order valence-electron chi connectivity index (χ4n) is 2.93. The van der Waals surface area contributed by atoms with Crippen LogP contribution in [-0.2, 0) is 10.2 Å². The molecule has 1 aromatic carbocycles. The van der Waals surface area contributed by atoms with Crippen LogP contribution >= 0.6 is 11.3 Å². The van der Waals surface area contributed by atoms with E-state index in [0.717, 1.165) is 29.8 Å². The molecule has 5 heteroatoms. The third kappa shape index (κ3) is 2.25. The second-order valence-corrected chi connectivity index (χ2v) is 6.98. The molecule has 2 aromatic rings. The first-order valence-corrected chi connectivity index (χ1v) is 8.30. The van der Waals surface area contributed by atoms with Crippen LogP contribution in [0.5, 0.6) is 0 Å². The summed E-state index contributed by atoms with van der Waals surface area (Å²) in [7, 11) is 0. The van der Waals surface area contributed by atoms with Gasteiger partial charge in [0.25, 0.3) is 0 Å². The Morgan fingerprint density at radius 1 is 1.19 bits per heavy atom. The molecule has 0 spiro atoms. The first-order valence-electron chi connectivity index (χ1n) is 7.48. The van der Waals surface area contributed by atoms with Crippen LogP contribution in [0.1, 0.15) is 48.6 Å². The van der Waals surface area contributed by atoms with Crippen LogP contribution in [-0.4, -0.2) is 16.1 Å². The van der Waals surface area contributed by atoms with Gasteiger partial charge in [-0.3, -0.25) is 10.1 Å². The minimum atomic E-state index is -0.368. The molecule has 1 heterocycles. The Morgan fingerprint density at radius 2 is 1.95 bits per heavy atom. The Hall–Kier alpha value is -1.75. The summed E-state index contributed by atoms with van der Waals surface area (Å²) in [5, 5.41) is 13.0. The zero-order valence-corrected chi connectivity index (χ0v) is 12.5. The van der Waals surface area contributed by atoms with Gasteiger partial charge in [0.15, 0.2) is 0 Å². The van der Waals surface area contributed by atoms with Gasteiger partial charge < -0.3 is 0 Å². The van der Waals surface area contributed by atoms with E-state index in [2.05, 4.69) is 27.6 Å². The molecule has 2 aliphatic rings. The normalized spacial score (nSPS) is 19.8. The maximum Gasteiger partial charge on any atom is 0.236 e. The van der Waals surface area contributed by atoms with Crippen molar-refractivity contribution in [1.82, 2.24) is 10.2 Å². The predicted molar refractivity (Wildman–Crippen MR) is 82.5 cm³/mol. The zero-order chi connectivity index (χ0) is 14.3. The van der Waals surface area contributed by atoms with Gasteiger partial charge in [-0.15, -0.1) is 10.2 Å². The van der Waals surface area contributed by atoms with Crippen molar-refractivity contribution < 1.29 is 4.79 Å². The molecule has 2 aliphatic carbocycles. The molecule has 21 heavy (non-hydrogen) atoms. The number of anilines is 1. The van der Waals surface area contributed by atoms with Crippen molar-refractivity contribution in [3.8, 4) is 0 Å². The lowest BCUT2D eigenvalue weighted by molar-refractivity contribution is -0.124. The molecule has 0 saturated heterocycles. The third-order valence-electron chi connectivity index (χ3n) is 4.56. The molecule has 4 rings (SSSR count). The van der Waals surface area contributed by atoms with E-state index in [1.807, 2.05) is 18.2 Å². The third-order valence-corrected chi connectivity index (χ3v) is 5.56. The number of nitrogens with zero attached hydrogens (tertiary/aromatic N) is 2. The monoisotopic (exact) mass is 299 g/mol. The van der Waals surface area contributed by atoms with Crippen LogP contribution in [0.3, 0.4) is 0 Å². The zero-order valence-electron chi connectivity index (χ0n) is 11.7. The van der Waals surface area contributed by atoms with Crippen LogP contribution in [0.15, 0.2) is 30.3 Å². The molecule has 2 saturated carbocycles. The minimum Gasteiger partial charge on any atom is -0.300 e. The quantitative estimate of drug-likeness (QED) is 0.940. The van der Waals surface area contributed by atoms with Crippen LogP contribution in [0.25, 0.3) is 0 Å². The molecule has 1 amide bonds. The topological polar surface area (TPSA) is 54.9 Å². The lowest BCUT2D eigenvalue weighted by Crippen LogP contribution is -2.45. The number of rotatable bonds is 4. The summed E-state index contributed by atoms with van der Waals surface area (Å²) in [5.41, 5.74) is 0.743. The molecule has 0 atom stereocenters. The Bertz CT molecular complexity index is 659. The summed E-state index contributed by atoms with van der Waals surface area (Å²) in [6, 6.07) is 10.1. The second kappa shape index (κ2) is 4.91. The smallest absolute Gasteiger partial charge is 0.236 e. The molecule has 2 fully saturated rings. The van der Waals surface area contributed by atoms with Gasteiger partial charge in [0.2, 0.25) is 11.0 Å². The van der Waals surface area contributed by atoms with Crippen molar-refractivity contribution >= 4 is 22.4 Å². The summed E-state index contributed by atoms with van der Waals surface area (Å²) >= 11 is 1.52. The van der Waals surface area contributed by atoms with Gasteiger partial charge in [0, 0.05) is 5.92 Å². The van der Waals surface area contributed by atoms with Crippen molar-refractivity contribution in [3.05, 3.63) is 40.9 Å². The summed E-state index contributed by atoms with van der Waals surface area (Å²) < 4.78 is 0. The van der Waals surface area contributed by atoms with Crippen LogP contribution in [0.2, 0.25) is 0 Å². The number of benzene rings is 1. The lowest BCUT2D eigenvalue weighted by Gasteiger charge is -2.40. The van der Waals surface area contributed by atoms with Crippen molar-refractivity contribution in [2.45, 2.75) is 43.4 Å². The van der Waals surface area contributed by atoms with Gasteiger partial charge in [0.05, 0.1) is 5.41 Å².